The maximum Gasteiger partial charge on any atom is 0.490 e. The molecule has 16 heavy (non-hydrogen) atoms. The highest BCUT2D eigenvalue weighted by Gasteiger charge is 2.38. The first kappa shape index (κ1) is 20.2. The molecule has 0 rings (SSSR count). The monoisotopic (exact) mass is 268 g/mol. The van der Waals surface area contributed by atoms with Crippen molar-refractivity contribution >= 4 is 24.5 Å². The second-order valence-electron chi connectivity index (χ2n) is 2.11. The fourth-order valence-corrected chi connectivity index (χ4v) is 0.256. The van der Waals surface area contributed by atoms with Crippen LogP contribution in [0.15, 0.2) is 0 Å². The highest BCUT2D eigenvalue weighted by atomic mass is 35.5. The number of nitrogens with two attached hydrogens (primary N) is 2. The molecule has 0 heterocycles. The third kappa shape index (κ3) is 18.5. The highest BCUT2D eigenvalue weighted by Crippen LogP contribution is 2.13. The zero-order chi connectivity index (χ0) is 12.5. The molecule has 5 N–H and O–H groups in total. The number of carboxylic acid groups (broad SMARTS) is 1. The Morgan fingerprint density at radius 2 is 1.69 bits per heavy atom. The van der Waals surface area contributed by atoms with E-state index in [1.807, 2.05) is 0 Å². The number of amides is 1. The van der Waals surface area contributed by atoms with Crippen LogP contribution in [0.5, 0.6) is 0 Å². The Morgan fingerprint density at radius 3 is 1.88 bits per heavy atom. The molecule has 1 amide bonds. The summed E-state index contributed by atoms with van der Waals surface area (Å²) in [6.45, 7) is 0.846. The minimum atomic E-state index is -5.08. The number of hydrogen-bond donors (Lipinski definition) is 3. The van der Waals surface area contributed by atoms with E-state index < -0.39 is 18.2 Å². The van der Waals surface area contributed by atoms with Gasteiger partial charge in [-0.15, -0.1) is 12.4 Å². The molecule has 0 radical (unpaired) electrons. The van der Waals surface area contributed by atoms with Crippen LogP contribution in [-0.4, -0.2) is 36.5 Å². The number of primary amides is 1. The number of halogens is 4. The Morgan fingerprint density at radius 1 is 1.31 bits per heavy atom. The van der Waals surface area contributed by atoms with Crippen LogP contribution < -0.4 is 11.5 Å². The van der Waals surface area contributed by atoms with Crippen LogP contribution in [-0.2, 0) is 9.53 Å². The summed E-state index contributed by atoms with van der Waals surface area (Å²) in [6.07, 6.45) is -5.15. The van der Waals surface area contributed by atoms with Gasteiger partial charge in [0.2, 0.25) is 0 Å². The standard InChI is InChI=1S/C4H10N2O2.C2HF3O2.ClH/c5-2-1-3-8-4(6)7;3-2(4,5)1(6)7;/h1-3,5H2,(H2,6,7);(H,6,7);1H. The van der Waals surface area contributed by atoms with E-state index in [4.69, 9.17) is 15.6 Å². The van der Waals surface area contributed by atoms with E-state index in [-0.39, 0.29) is 12.4 Å². The molecule has 0 aromatic heterocycles. The molecular formula is C6H12ClF3N2O4. The molecule has 6 nitrogen and oxygen atoms in total. The van der Waals surface area contributed by atoms with Crippen LogP contribution in [0.1, 0.15) is 6.42 Å². The van der Waals surface area contributed by atoms with Gasteiger partial charge in [0.25, 0.3) is 0 Å². The van der Waals surface area contributed by atoms with Crippen molar-refractivity contribution in [3.63, 3.8) is 0 Å². The van der Waals surface area contributed by atoms with Crippen molar-refractivity contribution in [3.8, 4) is 0 Å². The van der Waals surface area contributed by atoms with E-state index in [9.17, 15) is 18.0 Å². The summed E-state index contributed by atoms with van der Waals surface area (Å²) in [4.78, 5) is 18.7. The fourth-order valence-electron chi connectivity index (χ4n) is 0.256. The summed E-state index contributed by atoms with van der Waals surface area (Å²) < 4.78 is 36.1. The molecule has 0 aromatic rings. The lowest BCUT2D eigenvalue weighted by atomic mass is 10.5. The number of carboxylic acids is 1. The van der Waals surface area contributed by atoms with E-state index in [1.165, 1.54) is 0 Å². The maximum atomic E-state index is 10.6. The lowest BCUT2D eigenvalue weighted by Crippen LogP contribution is -2.21. The quantitative estimate of drug-likeness (QED) is 0.644. The van der Waals surface area contributed by atoms with Gasteiger partial charge in [0.15, 0.2) is 0 Å². The molecule has 0 saturated heterocycles. The first-order chi connectivity index (χ1) is 6.71. The highest BCUT2D eigenvalue weighted by molar-refractivity contribution is 5.85. The number of carbonyl (C=O) groups is 2. The summed E-state index contributed by atoms with van der Waals surface area (Å²) in [6, 6.07) is 0. The number of rotatable bonds is 3. The number of alkyl halides is 3. The van der Waals surface area contributed by atoms with Gasteiger partial charge in [-0.3, -0.25) is 0 Å². The van der Waals surface area contributed by atoms with Gasteiger partial charge >= 0.3 is 18.2 Å². The van der Waals surface area contributed by atoms with Crippen molar-refractivity contribution in [1.82, 2.24) is 0 Å². The van der Waals surface area contributed by atoms with Gasteiger partial charge in [-0.25, -0.2) is 9.59 Å². The van der Waals surface area contributed by atoms with Crippen LogP contribution in [0.4, 0.5) is 18.0 Å². The Labute approximate surface area is 95.1 Å². The molecule has 0 atom stereocenters. The molecule has 0 unspecified atom stereocenters. The fraction of sp³-hybridized carbons (Fsp3) is 0.667. The molecule has 0 fully saturated rings. The van der Waals surface area contributed by atoms with Crippen LogP contribution in [0, 0.1) is 0 Å². The summed E-state index contributed by atoms with van der Waals surface area (Å²) in [5, 5.41) is 7.12. The minimum Gasteiger partial charge on any atom is -0.475 e. The maximum absolute atomic E-state index is 10.6. The largest absolute Gasteiger partial charge is 0.490 e. The second kappa shape index (κ2) is 10.3. The molecule has 0 spiro atoms. The Hall–Kier alpha value is -1.22. The Kier molecular flexibility index (Phi) is 13.0. The van der Waals surface area contributed by atoms with Crippen molar-refractivity contribution in [1.29, 1.82) is 0 Å². The van der Waals surface area contributed by atoms with Crippen LogP contribution in [0.25, 0.3) is 0 Å². The third-order valence-corrected chi connectivity index (χ3v) is 0.835. The smallest absolute Gasteiger partial charge is 0.475 e. The van der Waals surface area contributed by atoms with Crippen molar-refractivity contribution in [2.24, 2.45) is 11.5 Å². The molecule has 0 aliphatic heterocycles. The zero-order valence-corrected chi connectivity index (χ0v) is 8.81. The lowest BCUT2D eigenvalue weighted by Gasteiger charge is -1.96. The number of hydrogen-bond acceptors (Lipinski definition) is 4. The normalized spacial score (nSPS) is 9.25. The van der Waals surface area contributed by atoms with Crippen LogP contribution >= 0.6 is 12.4 Å². The Balaban J connectivity index is -0.000000200. The van der Waals surface area contributed by atoms with Gasteiger partial charge in [0.1, 0.15) is 0 Å². The molecule has 0 aliphatic rings. The lowest BCUT2D eigenvalue weighted by molar-refractivity contribution is -0.192. The third-order valence-electron chi connectivity index (χ3n) is 0.835. The van der Waals surface area contributed by atoms with E-state index in [0.29, 0.717) is 19.6 Å². The summed E-state index contributed by atoms with van der Waals surface area (Å²) >= 11 is 0. The van der Waals surface area contributed by atoms with Gasteiger partial charge in [0.05, 0.1) is 6.61 Å². The van der Waals surface area contributed by atoms with E-state index >= 15 is 0 Å². The SMILES string of the molecule is Cl.NCCCOC(N)=O.O=C(O)C(F)(F)F. The second-order valence-corrected chi connectivity index (χ2v) is 2.11. The van der Waals surface area contributed by atoms with Crippen LogP contribution in [0.3, 0.4) is 0 Å². The van der Waals surface area contributed by atoms with Gasteiger partial charge in [0, 0.05) is 0 Å². The van der Waals surface area contributed by atoms with E-state index in [1.54, 1.807) is 0 Å². The van der Waals surface area contributed by atoms with Gasteiger partial charge in [-0.1, -0.05) is 0 Å². The van der Waals surface area contributed by atoms with Crippen LogP contribution in [0.2, 0.25) is 0 Å². The molecule has 0 bridgehead atoms. The van der Waals surface area contributed by atoms with Crippen molar-refractivity contribution in [2.75, 3.05) is 13.2 Å². The average Bonchev–Trinajstić information content (AvgIpc) is 2.03. The van der Waals surface area contributed by atoms with E-state index in [0.717, 1.165) is 0 Å². The molecule has 0 saturated carbocycles. The molecule has 10 heteroatoms. The molecule has 98 valence electrons. The summed E-state index contributed by atoms with van der Waals surface area (Å²) in [7, 11) is 0. The van der Waals surface area contributed by atoms with Crippen molar-refractivity contribution < 1.29 is 32.6 Å². The van der Waals surface area contributed by atoms with Crippen molar-refractivity contribution in [2.45, 2.75) is 12.6 Å². The zero-order valence-electron chi connectivity index (χ0n) is 7.99. The molecule has 0 aromatic carbocycles. The predicted octanol–water partition coefficient (Wildman–Crippen LogP) is 0.486. The summed E-state index contributed by atoms with van der Waals surface area (Å²) in [5.74, 6) is -2.76. The summed E-state index contributed by atoms with van der Waals surface area (Å²) in [5.41, 5.74) is 9.71. The minimum absolute atomic E-state index is 0. The number of carbonyl (C=O) groups excluding carboxylic acids is 1. The van der Waals surface area contributed by atoms with Gasteiger partial charge in [-0.05, 0) is 13.0 Å². The first-order valence-electron chi connectivity index (χ1n) is 3.64. The van der Waals surface area contributed by atoms with Gasteiger partial charge in [-0.2, -0.15) is 13.2 Å². The Bertz CT molecular complexity index is 212. The predicted molar refractivity (Wildman–Crippen MR) is 50.1 cm³/mol. The molecule has 0 aliphatic carbocycles. The first-order valence-corrected chi connectivity index (χ1v) is 3.64. The number of ether oxygens (including phenoxy) is 1. The topological polar surface area (TPSA) is 116 Å². The van der Waals surface area contributed by atoms with Crippen molar-refractivity contribution in [3.05, 3.63) is 0 Å². The average molecular weight is 269 g/mol. The number of aliphatic carboxylic acids is 1. The molecular weight excluding hydrogens is 257 g/mol. The van der Waals surface area contributed by atoms with E-state index in [2.05, 4.69) is 10.5 Å². The van der Waals surface area contributed by atoms with Gasteiger partial charge < -0.3 is 21.3 Å².